The van der Waals surface area contributed by atoms with E-state index in [1.54, 1.807) is 18.2 Å². The molecule has 3 aromatic rings. The molecule has 6 nitrogen and oxygen atoms in total. The first-order chi connectivity index (χ1) is 13.7. The maximum atomic E-state index is 13.1. The summed E-state index contributed by atoms with van der Waals surface area (Å²) < 4.78 is 1.32. The summed E-state index contributed by atoms with van der Waals surface area (Å²) >= 11 is 0. The van der Waals surface area contributed by atoms with E-state index in [9.17, 15) is 9.59 Å². The van der Waals surface area contributed by atoms with E-state index < -0.39 is 0 Å². The number of fused-ring (bicyclic) bond motifs is 1. The molecule has 1 amide bonds. The van der Waals surface area contributed by atoms with Crippen molar-refractivity contribution < 1.29 is 4.79 Å². The normalized spacial score (nSPS) is 15.6. The molecule has 0 atom stereocenters. The number of aromatic nitrogens is 2. The highest BCUT2D eigenvalue weighted by Gasteiger charge is 2.23. The van der Waals surface area contributed by atoms with Crippen LogP contribution in [0.4, 0.5) is 0 Å². The van der Waals surface area contributed by atoms with Gasteiger partial charge in [0.25, 0.3) is 11.5 Å². The lowest BCUT2D eigenvalue weighted by Crippen LogP contribution is -2.45. The van der Waals surface area contributed by atoms with Gasteiger partial charge in [0.05, 0.1) is 11.1 Å². The molecule has 0 radical (unpaired) electrons. The molecule has 1 aliphatic rings. The first-order valence-electron chi connectivity index (χ1n) is 9.78. The van der Waals surface area contributed by atoms with Crippen molar-refractivity contribution in [2.75, 3.05) is 19.6 Å². The van der Waals surface area contributed by atoms with Crippen molar-refractivity contribution in [2.45, 2.75) is 25.8 Å². The van der Waals surface area contributed by atoms with Gasteiger partial charge < -0.3 is 10.2 Å². The quantitative estimate of drug-likeness (QED) is 0.760. The molecule has 2 aromatic carbocycles. The Balaban J connectivity index is 1.71. The Hall–Kier alpha value is -2.99. The van der Waals surface area contributed by atoms with Gasteiger partial charge in [-0.2, -0.15) is 9.78 Å². The Labute approximate surface area is 163 Å². The highest BCUT2D eigenvalue weighted by Crippen LogP contribution is 2.17. The zero-order valence-corrected chi connectivity index (χ0v) is 16.0. The lowest BCUT2D eigenvalue weighted by atomic mass is 10.0. The third kappa shape index (κ3) is 3.55. The standard InChI is InChI=1S/C22H24N4O2/c1-2-25-14-12-16(13-15-25)23-21(27)20-18-10-6-7-11-19(18)22(28)26(24-20)17-8-4-3-5-9-17/h3-11,16H,2,12-15H2,1H3,(H,23,27). The lowest BCUT2D eigenvalue weighted by molar-refractivity contribution is 0.0908. The number of hydrogen-bond acceptors (Lipinski definition) is 4. The minimum absolute atomic E-state index is 0.132. The molecule has 0 unspecified atom stereocenters. The van der Waals surface area contributed by atoms with Gasteiger partial charge in [0.15, 0.2) is 5.69 Å². The molecule has 144 valence electrons. The number of nitrogens with one attached hydrogen (secondary N) is 1. The number of nitrogens with zero attached hydrogens (tertiary/aromatic N) is 3. The largest absolute Gasteiger partial charge is 0.348 e. The number of carbonyl (C=O) groups excluding carboxylic acids is 1. The third-order valence-corrected chi connectivity index (χ3v) is 5.39. The van der Waals surface area contributed by atoms with Crippen molar-refractivity contribution in [1.29, 1.82) is 0 Å². The molecule has 0 saturated carbocycles. The van der Waals surface area contributed by atoms with Crippen LogP contribution in [-0.2, 0) is 0 Å². The molecule has 0 spiro atoms. The van der Waals surface area contributed by atoms with Crippen molar-refractivity contribution in [3.8, 4) is 5.69 Å². The van der Waals surface area contributed by atoms with E-state index in [2.05, 4.69) is 22.2 Å². The zero-order chi connectivity index (χ0) is 19.5. The molecule has 4 rings (SSSR count). The van der Waals surface area contributed by atoms with E-state index in [1.165, 1.54) is 4.68 Å². The predicted molar refractivity (Wildman–Crippen MR) is 110 cm³/mol. The minimum atomic E-state index is -0.227. The smallest absolute Gasteiger partial charge is 0.279 e. The average molecular weight is 376 g/mol. The number of likely N-dealkylation sites (tertiary alicyclic amines) is 1. The fourth-order valence-electron chi connectivity index (χ4n) is 3.75. The molecule has 0 aliphatic carbocycles. The van der Waals surface area contributed by atoms with Gasteiger partial charge in [-0.3, -0.25) is 9.59 Å². The van der Waals surface area contributed by atoms with Crippen LogP contribution in [0.5, 0.6) is 0 Å². The van der Waals surface area contributed by atoms with Crippen molar-refractivity contribution in [3.63, 3.8) is 0 Å². The molecule has 28 heavy (non-hydrogen) atoms. The van der Waals surface area contributed by atoms with Crippen molar-refractivity contribution in [3.05, 3.63) is 70.6 Å². The molecular weight excluding hydrogens is 352 g/mol. The van der Waals surface area contributed by atoms with Gasteiger partial charge in [0.2, 0.25) is 0 Å². The lowest BCUT2D eigenvalue weighted by Gasteiger charge is -2.31. The summed E-state index contributed by atoms with van der Waals surface area (Å²) in [4.78, 5) is 28.4. The zero-order valence-electron chi connectivity index (χ0n) is 16.0. The minimum Gasteiger partial charge on any atom is -0.348 e. The van der Waals surface area contributed by atoms with Crippen LogP contribution >= 0.6 is 0 Å². The van der Waals surface area contributed by atoms with Crippen LogP contribution in [-0.4, -0.2) is 46.3 Å². The first kappa shape index (κ1) is 18.4. The monoisotopic (exact) mass is 376 g/mol. The molecule has 2 heterocycles. The van der Waals surface area contributed by atoms with Crippen LogP contribution in [0.1, 0.15) is 30.3 Å². The molecule has 1 N–H and O–H groups in total. The van der Waals surface area contributed by atoms with E-state index in [0.29, 0.717) is 16.5 Å². The Morgan fingerprint density at radius 3 is 2.36 bits per heavy atom. The van der Waals surface area contributed by atoms with Gasteiger partial charge in [0.1, 0.15) is 0 Å². The first-order valence-corrected chi connectivity index (χ1v) is 9.78. The van der Waals surface area contributed by atoms with E-state index in [0.717, 1.165) is 32.5 Å². The molecule has 1 aromatic heterocycles. The molecular formula is C22H24N4O2. The summed E-state index contributed by atoms with van der Waals surface area (Å²) in [6.45, 7) is 5.16. The maximum Gasteiger partial charge on any atom is 0.279 e. The number of hydrogen-bond donors (Lipinski definition) is 1. The van der Waals surface area contributed by atoms with E-state index in [1.807, 2.05) is 36.4 Å². The molecule has 0 bridgehead atoms. The van der Waals surface area contributed by atoms with E-state index >= 15 is 0 Å². The second-order valence-electron chi connectivity index (χ2n) is 7.13. The number of amides is 1. The van der Waals surface area contributed by atoms with Crippen LogP contribution in [0.15, 0.2) is 59.4 Å². The second kappa shape index (κ2) is 7.94. The predicted octanol–water partition coefficient (Wildman–Crippen LogP) is 2.60. The summed E-state index contributed by atoms with van der Waals surface area (Å²) in [5, 5.41) is 8.65. The number of benzene rings is 2. The Bertz CT molecular complexity index is 1040. The highest BCUT2D eigenvalue weighted by molar-refractivity contribution is 6.05. The molecule has 6 heteroatoms. The summed E-state index contributed by atoms with van der Waals surface area (Å²) in [5.74, 6) is -0.226. The Morgan fingerprint density at radius 2 is 1.68 bits per heavy atom. The van der Waals surface area contributed by atoms with Crippen molar-refractivity contribution in [1.82, 2.24) is 20.0 Å². The number of piperidine rings is 1. The fraction of sp³-hybridized carbons (Fsp3) is 0.318. The van der Waals surface area contributed by atoms with Crippen molar-refractivity contribution in [2.24, 2.45) is 0 Å². The van der Waals surface area contributed by atoms with Crippen LogP contribution < -0.4 is 10.9 Å². The molecule has 1 fully saturated rings. The van der Waals surface area contributed by atoms with Gasteiger partial charge >= 0.3 is 0 Å². The number of rotatable bonds is 4. The van der Waals surface area contributed by atoms with Gasteiger partial charge in [-0.15, -0.1) is 0 Å². The second-order valence-corrected chi connectivity index (χ2v) is 7.13. The fourth-order valence-corrected chi connectivity index (χ4v) is 3.75. The van der Waals surface area contributed by atoms with Gasteiger partial charge in [-0.1, -0.05) is 43.3 Å². The number of para-hydroxylation sites is 1. The maximum absolute atomic E-state index is 13.1. The van der Waals surface area contributed by atoms with Gasteiger partial charge in [-0.05, 0) is 37.6 Å². The molecule has 1 saturated heterocycles. The summed E-state index contributed by atoms with van der Waals surface area (Å²) in [6.07, 6.45) is 1.85. The Kier molecular flexibility index (Phi) is 5.21. The summed E-state index contributed by atoms with van der Waals surface area (Å²) in [7, 11) is 0. The van der Waals surface area contributed by atoms with Crippen LogP contribution in [0.2, 0.25) is 0 Å². The topological polar surface area (TPSA) is 67.2 Å². The van der Waals surface area contributed by atoms with Gasteiger partial charge in [0, 0.05) is 24.5 Å². The van der Waals surface area contributed by atoms with Gasteiger partial charge in [-0.25, -0.2) is 0 Å². The third-order valence-electron chi connectivity index (χ3n) is 5.39. The van der Waals surface area contributed by atoms with Crippen LogP contribution in [0.25, 0.3) is 16.5 Å². The average Bonchev–Trinajstić information content (AvgIpc) is 2.75. The SMILES string of the molecule is CCN1CCC(NC(=O)c2nn(-c3ccccc3)c(=O)c3ccccc23)CC1. The Morgan fingerprint density at radius 1 is 1.04 bits per heavy atom. The molecule has 1 aliphatic heterocycles. The van der Waals surface area contributed by atoms with Crippen molar-refractivity contribution >= 4 is 16.7 Å². The number of carbonyl (C=O) groups is 1. The summed E-state index contributed by atoms with van der Waals surface area (Å²) in [6, 6.07) is 16.5. The highest BCUT2D eigenvalue weighted by atomic mass is 16.2. The van der Waals surface area contributed by atoms with E-state index in [4.69, 9.17) is 0 Å². The van der Waals surface area contributed by atoms with E-state index in [-0.39, 0.29) is 23.2 Å². The summed E-state index contributed by atoms with van der Waals surface area (Å²) in [5.41, 5.74) is 0.704. The van der Waals surface area contributed by atoms with Crippen LogP contribution in [0.3, 0.4) is 0 Å². The van der Waals surface area contributed by atoms with Crippen LogP contribution in [0, 0.1) is 0 Å².